The molecule has 1 aliphatic carbocycles. The van der Waals surface area contributed by atoms with Gasteiger partial charge in [0.15, 0.2) is 0 Å². The van der Waals surface area contributed by atoms with E-state index in [0.29, 0.717) is 31.5 Å². The molecule has 1 aliphatic heterocycles. The quantitative estimate of drug-likeness (QED) is 0.277. The van der Waals surface area contributed by atoms with Gasteiger partial charge in [-0.1, -0.05) is 26.3 Å². The molecule has 4 unspecified atom stereocenters. The van der Waals surface area contributed by atoms with Crippen LogP contribution in [0.1, 0.15) is 59.8 Å². The molecule has 5 N–H and O–H groups in total. The topological polar surface area (TPSA) is 147 Å². The number of alkyl carbamates (subject to hydrolysis) is 1. The summed E-state index contributed by atoms with van der Waals surface area (Å²) < 4.78 is 10.2. The number of hydrogen-bond acceptors (Lipinski definition) is 8. The van der Waals surface area contributed by atoms with Gasteiger partial charge >= 0.3 is 6.09 Å². The van der Waals surface area contributed by atoms with Crippen LogP contribution in [0.2, 0.25) is 5.82 Å². The van der Waals surface area contributed by atoms with E-state index in [2.05, 4.69) is 10.3 Å². The molecule has 201 valence electrons. The maximum Gasteiger partial charge on any atom is 0.407 e. The number of methoxy groups -OCH3 is 1. The Balaban J connectivity index is 2.23. The molecular weight excluding hydrogens is 463 g/mol. The van der Waals surface area contributed by atoms with E-state index in [4.69, 9.17) is 15.1 Å². The number of aliphatic hydroxyl groups excluding tert-OH is 1. The van der Waals surface area contributed by atoms with Crippen LogP contribution < -0.4 is 11.1 Å². The number of hydrogen-bond donors (Lipinski definition) is 4. The van der Waals surface area contributed by atoms with Crippen LogP contribution in [-0.2, 0) is 14.2 Å². The van der Waals surface area contributed by atoms with Crippen molar-refractivity contribution in [1.29, 1.82) is 0 Å². The fourth-order valence-electron chi connectivity index (χ4n) is 4.19. The lowest BCUT2D eigenvalue weighted by Gasteiger charge is -2.33. The van der Waals surface area contributed by atoms with E-state index in [9.17, 15) is 19.8 Å². The van der Waals surface area contributed by atoms with Crippen LogP contribution in [0.4, 0.5) is 4.79 Å². The van der Waals surface area contributed by atoms with Gasteiger partial charge in [-0.3, -0.25) is 9.79 Å². The number of carbonyl (C=O) groups is 2. The van der Waals surface area contributed by atoms with Crippen molar-refractivity contribution in [2.75, 3.05) is 20.3 Å². The van der Waals surface area contributed by atoms with Gasteiger partial charge in [0.1, 0.15) is 12.3 Å². The number of likely N-dealkylation sites (tertiary alicyclic amines) is 1. The predicted molar refractivity (Wildman–Crippen MR) is 139 cm³/mol. The molecule has 0 aromatic rings. The highest BCUT2D eigenvalue weighted by Crippen LogP contribution is 2.27. The van der Waals surface area contributed by atoms with Gasteiger partial charge in [0, 0.05) is 30.1 Å². The molecule has 0 saturated carbocycles. The molecule has 0 spiro atoms. The molecule has 0 aromatic carbocycles. The molecule has 1 heterocycles. The Morgan fingerprint density at radius 1 is 1.36 bits per heavy atom. The fourth-order valence-corrected chi connectivity index (χ4v) is 4.19. The molecule has 0 bridgehead atoms. The number of piperidine rings is 1. The Morgan fingerprint density at radius 2 is 2.08 bits per heavy atom. The number of aliphatic imine (C=N–C) groups is 1. The molecule has 4 atom stereocenters. The van der Waals surface area contributed by atoms with Gasteiger partial charge in [-0.2, -0.15) is 0 Å². The van der Waals surface area contributed by atoms with Gasteiger partial charge < -0.3 is 35.6 Å². The van der Waals surface area contributed by atoms with Gasteiger partial charge in [-0.25, -0.2) is 4.79 Å². The zero-order valence-electron chi connectivity index (χ0n) is 22.1. The maximum absolute atomic E-state index is 13.4. The number of nitrogens with zero attached hydrogens (tertiary/aromatic N) is 2. The first-order valence-electron chi connectivity index (χ1n) is 12.6. The van der Waals surface area contributed by atoms with E-state index in [1.54, 1.807) is 32.4 Å². The van der Waals surface area contributed by atoms with Crippen molar-refractivity contribution in [3.8, 4) is 0 Å². The van der Waals surface area contributed by atoms with Gasteiger partial charge in [0.25, 0.3) is 7.48 Å². The van der Waals surface area contributed by atoms with E-state index in [0.717, 1.165) is 18.5 Å². The Kier molecular flexibility index (Phi) is 11.6. The zero-order valence-corrected chi connectivity index (χ0v) is 22.1. The van der Waals surface area contributed by atoms with Crippen LogP contribution in [0.15, 0.2) is 29.0 Å². The lowest BCUT2D eigenvalue weighted by molar-refractivity contribution is -0.133. The summed E-state index contributed by atoms with van der Waals surface area (Å²) in [5.74, 6) is -0.715. The number of nitrogens with two attached hydrogens (primary N) is 1. The van der Waals surface area contributed by atoms with Crippen molar-refractivity contribution >= 4 is 25.2 Å². The number of aliphatic hydroxyl groups is 2. The molecule has 1 fully saturated rings. The Morgan fingerprint density at radius 3 is 2.69 bits per heavy atom. The number of nitrogens with one attached hydrogen (secondary N) is 1. The lowest BCUT2D eigenvalue weighted by atomic mass is 9.76. The Hall–Kier alpha value is -2.21. The summed E-state index contributed by atoms with van der Waals surface area (Å²) in [6, 6.07) is -0.719. The van der Waals surface area contributed by atoms with E-state index < -0.39 is 24.0 Å². The maximum atomic E-state index is 13.4. The van der Waals surface area contributed by atoms with Crippen molar-refractivity contribution in [1.82, 2.24) is 10.2 Å². The van der Waals surface area contributed by atoms with E-state index in [1.165, 1.54) is 7.11 Å². The highest BCUT2D eigenvalue weighted by Gasteiger charge is 2.32. The highest BCUT2D eigenvalue weighted by molar-refractivity contribution is 6.30. The summed E-state index contributed by atoms with van der Waals surface area (Å²) in [6.07, 6.45) is 7.49. The van der Waals surface area contributed by atoms with Crippen LogP contribution in [0.25, 0.3) is 0 Å². The summed E-state index contributed by atoms with van der Waals surface area (Å²) in [4.78, 5) is 31.5. The van der Waals surface area contributed by atoms with E-state index in [1.807, 2.05) is 26.0 Å². The first-order valence-corrected chi connectivity index (χ1v) is 12.6. The van der Waals surface area contributed by atoms with Crippen molar-refractivity contribution in [3.63, 3.8) is 0 Å². The highest BCUT2D eigenvalue weighted by atomic mass is 16.5. The summed E-state index contributed by atoms with van der Waals surface area (Å²) in [5, 5.41) is 22.7. The summed E-state index contributed by atoms with van der Waals surface area (Å²) in [6.45, 7) is 7.81. The molecule has 11 heteroatoms. The monoisotopic (exact) mass is 505 g/mol. The molecule has 36 heavy (non-hydrogen) atoms. The second-order valence-electron chi connectivity index (χ2n) is 10.4. The van der Waals surface area contributed by atoms with Crippen LogP contribution >= 0.6 is 0 Å². The normalized spacial score (nSPS) is 25.0. The van der Waals surface area contributed by atoms with Gasteiger partial charge in [0.2, 0.25) is 5.91 Å². The number of carbonyl (C=O) groups excluding carboxylic acids is 2. The molecule has 1 radical (unpaired) electrons. The average molecular weight is 505 g/mol. The Bertz CT molecular complexity index is 837. The third-order valence-corrected chi connectivity index (χ3v) is 6.26. The first kappa shape index (κ1) is 30.0. The minimum absolute atomic E-state index is 0.0158. The summed E-state index contributed by atoms with van der Waals surface area (Å²) in [5.41, 5.74) is 6.34. The predicted octanol–water partition coefficient (Wildman–Crippen LogP) is 2.10. The smallest absolute Gasteiger partial charge is 0.407 e. The van der Waals surface area contributed by atoms with Crippen molar-refractivity contribution in [3.05, 3.63) is 24.0 Å². The molecule has 1 saturated heterocycles. The average Bonchev–Trinajstić information content (AvgIpc) is 3.02. The lowest BCUT2D eigenvalue weighted by Crippen LogP contribution is -2.51. The van der Waals surface area contributed by atoms with Crippen LogP contribution in [0.3, 0.4) is 0 Å². The van der Waals surface area contributed by atoms with Crippen LogP contribution in [0.5, 0.6) is 0 Å². The number of rotatable bonds is 9. The van der Waals surface area contributed by atoms with Crippen LogP contribution in [-0.4, -0.2) is 78.4 Å². The van der Waals surface area contributed by atoms with Gasteiger partial charge in [-0.05, 0) is 57.3 Å². The summed E-state index contributed by atoms with van der Waals surface area (Å²) >= 11 is 0. The second-order valence-corrected chi connectivity index (χ2v) is 10.4. The van der Waals surface area contributed by atoms with E-state index >= 15 is 0 Å². The van der Waals surface area contributed by atoms with Gasteiger partial charge in [-0.15, -0.1) is 0 Å². The summed E-state index contributed by atoms with van der Waals surface area (Å²) in [7, 11) is 2.96. The zero-order chi connectivity index (χ0) is 26.9. The number of amides is 2. The molecule has 2 amide bonds. The molecule has 0 aromatic heterocycles. The van der Waals surface area contributed by atoms with Crippen molar-refractivity contribution < 1.29 is 29.2 Å². The third kappa shape index (κ3) is 9.35. The largest absolute Gasteiger partial charge is 0.453 e. The SMILES string of the molecule is COC(=O)NC(C(=O)N1CCCC/C1=C/N=C1C=CC([B]OCC(C)(C)O)CCC1C(N)O)C(C)C. The minimum Gasteiger partial charge on any atom is -0.453 e. The van der Waals surface area contributed by atoms with Gasteiger partial charge in [0.05, 0.1) is 19.3 Å². The van der Waals surface area contributed by atoms with Crippen molar-refractivity contribution in [2.24, 2.45) is 22.6 Å². The fraction of sp³-hybridized carbons (Fsp3) is 0.720. The standard InChI is InChI=1S/C25H42BN4O6/c1-16(2)21(29-24(33)35-5)23(32)30-13-7-6-8-18(30)14-28-20-12-10-17(9-11-19(20)22(27)31)26-36-15-25(3,4)34/h10,12,14,16-17,19,21-22,31,34H,6-9,11,13,15,27H2,1-5H3,(H,29,33)/b18-14-,28-20?. The Labute approximate surface area is 215 Å². The first-order chi connectivity index (χ1) is 16.9. The van der Waals surface area contributed by atoms with E-state index in [-0.39, 0.29) is 30.2 Å². The number of ether oxygens (including phenoxy) is 1. The molecule has 10 nitrogen and oxygen atoms in total. The number of allylic oxidation sites excluding steroid dienone is 3. The van der Waals surface area contributed by atoms with Crippen LogP contribution in [0, 0.1) is 11.8 Å². The third-order valence-electron chi connectivity index (χ3n) is 6.26. The van der Waals surface area contributed by atoms with Crippen molar-refractivity contribution in [2.45, 2.75) is 83.5 Å². The molecule has 2 rings (SSSR count). The second kappa shape index (κ2) is 13.9. The molecular formula is C25H42BN4O6. The minimum atomic E-state index is -1.08. The molecule has 2 aliphatic rings.